The summed E-state index contributed by atoms with van der Waals surface area (Å²) >= 11 is 3.49. The van der Waals surface area contributed by atoms with Crippen LogP contribution in [0.2, 0.25) is 0 Å². The van der Waals surface area contributed by atoms with Crippen LogP contribution in [0, 0.1) is 6.92 Å². The molecule has 2 atom stereocenters. The Morgan fingerprint density at radius 3 is 2.75 bits per heavy atom. The van der Waals surface area contributed by atoms with Crippen molar-refractivity contribution in [1.29, 1.82) is 0 Å². The van der Waals surface area contributed by atoms with Crippen molar-refractivity contribution < 1.29 is 4.79 Å². The van der Waals surface area contributed by atoms with Gasteiger partial charge in [-0.3, -0.25) is 4.79 Å². The largest absolute Gasteiger partial charge is 0.334 e. The molecular formula is C15H22BrClN2O. The fraction of sp³-hybridized carbons (Fsp3) is 0.533. The van der Waals surface area contributed by atoms with Gasteiger partial charge >= 0.3 is 0 Å². The molecule has 1 aliphatic rings. The summed E-state index contributed by atoms with van der Waals surface area (Å²) in [6, 6.07) is 5.97. The van der Waals surface area contributed by atoms with Crippen LogP contribution in [0.5, 0.6) is 0 Å². The summed E-state index contributed by atoms with van der Waals surface area (Å²) in [4.78, 5) is 14.6. The Bertz CT molecular complexity index is 479. The Balaban J connectivity index is 0.00000200. The second-order valence-corrected chi connectivity index (χ2v) is 6.24. The van der Waals surface area contributed by atoms with Gasteiger partial charge in [0.05, 0.1) is 0 Å². The first-order valence-corrected chi connectivity index (χ1v) is 7.62. The molecule has 1 saturated heterocycles. The van der Waals surface area contributed by atoms with Crippen molar-refractivity contribution in [2.75, 3.05) is 6.54 Å². The van der Waals surface area contributed by atoms with Gasteiger partial charge in [0.15, 0.2) is 0 Å². The molecular weight excluding hydrogens is 340 g/mol. The van der Waals surface area contributed by atoms with E-state index in [9.17, 15) is 4.79 Å². The van der Waals surface area contributed by atoms with Gasteiger partial charge in [-0.25, -0.2) is 0 Å². The summed E-state index contributed by atoms with van der Waals surface area (Å²) in [7, 11) is 0. The molecule has 0 aliphatic carbocycles. The minimum Gasteiger partial charge on any atom is -0.334 e. The fourth-order valence-electron chi connectivity index (χ4n) is 2.65. The first kappa shape index (κ1) is 17.5. The third kappa shape index (κ3) is 3.74. The van der Waals surface area contributed by atoms with Crippen LogP contribution in [0.15, 0.2) is 22.7 Å². The Kier molecular flexibility index (Phi) is 6.49. The molecule has 0 aromatic heterocycles. The molecule has 1 amide bonds. The van der Waals surface area contributed by atoms with Crippen LogP contribution in [0.3, 0.4) is 0 Å². The quantitative estimate of drug-likeness (QED) is 0.876. The molecule has 1 aromatic carbocycles. The number of carbonyl (C=O) groups is 1. The fourth-order valence-corrected chi connectivity index (χ4v) is 3.03. The third-order valence-electron chi connectivity index (χ3n) is 3.84. The zero-order chi connectivity index (χ0) is 14.0. The van der Waals surface area contributed by atoms with Gasteiger partial charge in [-0.15, -0.1) is 12.4 Å². The van der Waals surface area contributed by atoms with Crippen LogP contribution >= 0.6 is 28.3 Å². The number of nitrogens with zero attached hydrogens (tertiary/aromatic N) is 1. The first-order chi connectivity index (χ1) is 9.00. The summed E-state index contributed by atoms with van der Waals surface area (Å²) in [5.41, 5.74) is 7.90. The number of halogens is 2. The van der Waals surface area contributed by atoms with Gasteiger partial charge < -0.3 is 10.6 Å². The number of likely N-dealkylation sites (tertiary alicyclic amines) is 1. The molecule has 112 valence electrons. The van der Waals surface area contributed by atoms with Crippen LogP contribution in [-0.4, -0.2) is 29.4 Å². The van der Waals surface area contributed by atoms with E-state index in [1.54, 1.807) is 0 Å². The van der Waals surface area contributed by atoms with Crippen LogP contribution < -0.4 is 5.73 Å². The normalized spacial score (nSPS) is 20.2. The monoisotopic (exact) mass is 360 g/mol. The first-order valence-electron chi connectivity index (χ1n) is 6.83. The van der Waals surface area contributed by atoms with Crippen LogP contribution in [0.25, 0.3) is 0 Å². The molecule has 2 rings (SSSR count). The number of amides is 1. The number of rotatable bonds is 2. The Morgan fingerprint density at radius 2 is 2.15 bits per heavy atom. The van der Waals surface area contributed by atoms with E-state index in [1.165, 1.54) is 0 Å². The van der Waals surface area contributed by atoms with Gasteiger partial charge in [0, 0.05) is 28.7 Å². The van der Waals surface area contributed by atoms with Gasteiger partial charge in [-0.1, -0.05) is 22.0 Å². The maximum atomic E-state index is 12.6. The van der Waals surface area contributed by atoms with E-state index in [0.717, 1.165) is 41.4 Å². The van der Waals surface area contributed by atoms with Crippen molar-refractivity contribution in [3.8, 4) is 0 Å². The second-order valence-electron chi connectivity index (χ2n) is 5.38. The minimum atomic E-state index is 0. The molecule has 20 heavy (non-hydrogen) atoms. The topological polar surface area (TPSA) is 46.3 Å². The van der Waals surface area contributed by atoms with Crippen molar-refractivity contribution in [1.82, 2.24) is 4.90 Å². The number of nitrogens with two attached hydrogens (primary N) is 1. The molecule has 2 unspecified atom stereocenters. The molecule has 2 N–H and O–H groups in total. The van der Waals surface area contributed by atoms with Gasteiger partial charge in [0.1, 0.15) is 0 Å². The Morgan fingerprint density at radius 1 is 1.45 bits per heavy atom. The molecule has 0 spiro atoms. The van der Waals surface area contributed by atoms with Crippen molar-refractivity contribution >= 4 is 34.2 Å². The Hall–Kier alpha value is -0.580. The molecule has 0 radical (unpaired) electrons. The molecule has 0 bridgehead atoms. The van der Waals surface area contributed by atoms with E-state index < -0.39 is 0 Å². The standard InChI is InChI=1S/C15H21BrN2O.ClH/c1-10-6-7-12(9-13(10)16)15(19)18-8-4-3-5-14(18)11(2)17;/h6-7,9,11,14H,3-5,8,17H2,1-2H3;1H. The number of hydrogen-bond donors (Lipinski definition) is 1. The minimum absolute atomic E-state index is 0. The van der Waals surface area contributed by atoms with Gasteiger partial charge in [-0.05, 0) is 50.8 Å². The zero-order valence-electron chi connectivity index (χ0n) is 11.9. The summed E-state index contributed by atoms with van der Waals surface area (Å²) < 4.78 is 0.979. The second kappa shape index (κ2) is 7.43. The maximum absolute atomic E-state index is 12.6. The molecule has 1 fully saturated rings. The highest BCUT2D eigenvalue weighted by Crippen LogP contribution is 2.24. The molecule has 1 heterocycles. The summed E-state index contributed by atoms with van der Waals surface area (Å²) in [6.45, 7) is 4.82. The predicted octanol–water partition coefficient (Wildman–Crippen LogP) is 3.52. The maximum Gasteiger partial charge on any atom is 0.254 e. The van der Waals surface area contributed by atoms with E-state index >= 15 is 0 Å². The number of piperidine rings is 1. The highest BCUT2D eigenvalue weighted by Gasteiger charge is 2.29. The lowest BCUT2D eigenvalue weighted by Gasteiger charge is -2.38. The van der Waals surface area contributed by atoms with Gasteiger partial charge in [0.2, 0.25) is 0 Å². The van der Waals surface area contributed by atoms with E-state index in [-0.39, 0.29) is 30.4 Å². The smallest absolute Gasteiger partial charge is 0.254 e. The average Bonchev–Trinajstić information content (AvgIpc) is 2.41. The molecule has 3 nitrogen and oxygen atoms in total. The molecule has 1 aliphatic heterocycles. The average molecular weight is 362 g/mol. The molecule has 5 heteroatoms. The Labute approximate surface area is 135 Å². The SMILES string of the molecule is Cc1ccc(C(=O)N2CCCCC2C(C)N)cc1Br.Cl. The highest BCUT2D eigenvalue weighted by atomic mass is 79.9. The van der Waals surface area contributed by atoms with Gasteiger partial charge in [0.25, 0.3) is 5.91 Å². The van der Waals surface area contributed by atoms with E-state index in [2.05, 4.69) is 15.9 Å². The highest BCUT2D eigenvalue weighted by molar-refractivity contribution is 9.10. The van der Waals surface area contributed by atoms with E-state index in [0.29, 0.717) is 0 Å². The predicted molar refractivity (Wildman–Crippen MR) is 88.5 cm³/mol. The lowest BCUT2D eigenvalue weighted by Crippen LogP contribution is -2.51. The third-order valence-corrected chi connectivity index (χ3v) is 4.69. The number of benzene rings is 1. The molecule has 1 aromatic rings. The lowest BCUT2D eigenvalue weighted by atomic mass is 9.96. The van der Waals surface area contributed by atoms with Crippen molar-refractivity contribution in [2.45, 2.75) is 45.2 Å². The van der Waals surface area contributed by atoms with Crippen LogP contribution in [-0.2, 0) is 0 Å². The number of carbonyl (C=O) groups excluding carboxylic acids is 1. The van der Waals surface area contributed by atoms with Crippen LogP contribution in [0.1, 0.15) is 42.1 Å². The zero-order valence-corrected chi connectivity index (χ0v) is 14.3. The number of hydrogen-bond acceptors (Lipinski definition) is 2. The summed E-state index contributed by atoms with van der Waals surface area (Å²) in [5, 5.41) is 0. The number of aryl methyl sites for hydroxylation is 1. The lowest BCUT2D eigenvalue weighted by molar-refractivity contribution is 0.0584. The molecule has 0 saturated carbocycles. The van der Waals surface area contributed by atoms with Crippen LogP contribution in [0.4, 0.5) is 0 Å². The van der Waals surface area contributed by atoms with E-state index in [1.807, 2.05) is 36.9 Å². The van der Waals surface area contributed by atoms with Crippen molar-refractivity contribution in [2.24, 2.45) is 5.73 Å². The van der Waals surface area contributed by atoms with Crippen molar-refractivity contribution in [3.63, 3.8) is 0 Å². The van der Waals surface area contributed by atoms with E-state index in [4.69, 9.17) is 5.73 Å². The summed E-state index contributed by atoms with van der Waals surface area (Å²) in [6.07, 6.45) is 3.24. The van der Waals surface area contributed by atoms with Gasteiger partial charge in [-0.2, -0.15) is 0 Å². The summed E-state index contributed by atoms with van der Waals surface area (Å²) in [5.74, 6) is 0.0997. The van der Waals surface area contributed by atoms with Crippen molar-refractivity contribution in [3.05, 3.63) is 33.8 Å².